The summed E-state index contributed by atoms with van der Waals surface area (Å²) in [4.78, 5) is 25.5. The van der Waals surface area contributed by atoms with Crippen LogP contribution in [0.4, 0.5) is 10.1 Å². The van der Waals surface area contributed by atoms with Gasteiger partial charge in [-0.3, -0.25) is 15.0 Å². The molecule has 7 nitrogen and oxygen atoms in total. The Bertz CT molecular complexity index is 901. The van der Waals surface area contributed by atoms with Gasteiger partial charge in [0.2, 0.25) is 11.8 Å². The second-order valence-corrected chi connectivity index (χ2v) is 8.26. The van der Waals surface area contributed by atoms with Crippen LogP contribution in [0.25, 0.3) is 0 Å². The number of sulfonamides is 1. The number of hydrogen-bond acceptors (Lipinski definition) is 5. The molecule has 0 aliphatic carbocycles. The van der Waals surface area contributed by atoms with E-state index in [0.29, 0.717) is 11.4 Å². The molecule has 0 saturated carbocycles. The molecule has 10 heteroatoms. The lowest BCUT2D eigenvalue weighted by molar-refractivity contribution is -0.121. The van der Waals surface area contributed by atoms with E-state index in [-0.39, 0.29) is 23.0 Å². The van der Waals surface area contributed by atoms with Gasteiger partial charge in [0, 0.05) is 29.7 Å². The van der Waals surface area contributed by atoms with Gasteiger partial charge in [0.25, 0.3) is 10.0 Å². The van der Waals surface area contributed by atoms with E-state index >= 15 is 0 Å². The molecule has 0 heterocycles. The molecule has 0 spiro atoms. The highest BCUT2D eigenvalue weighted by atomic mass is 32.2. The number of amides is 2. The lowest BCUT2D eigenvalue weighted by atomic mass is 10.3. The third kappa shape index (κ3) is 7.00. The molecular formula is C17H18FN3O4S2. The Morgan fingerprint density at radius 2 is 1.67 bits per heavy atom. The SMILES string of the molecule is CC(=O)Nc1ccc(S(=O)(=O)NNC(=O)CCSc2ccc(F)cc2)cc1. The first-order chi connectivity index (χ1) is 12.8. The number of benzene rings is 2. The van der Waals surface area contributed by atoms with Crippen molar-refractivity contribution < 1.29 is 22.4 Å². The van der Waals surface area contributed by atoms with Crippen LogP contribution in [0.2, 0.25) is 0 Å². The largest absolute Gasteiger partial charge is 0.326 e. The smallest absolute Gasteiger partial charge is 0.257 e. The molecule has 0 aliphatic rings. The van der Waals surface area contributed by atoms with Gasteiger partial charge >= 0.3 is 0 Å². The molecule has 0 saturated heterocycles. The maximum absolute atomic E-state index is 12.8. The minimum absolute atomic E-state index is 0.0578. The number of halogens is 1. The van der Waals surface area contributed by atoms with E-state index in [1.165, 1.54) is 55.1 Å². The fourth-order valence-corrected chi connectivity index (χ4v) is 3.67. The summed E-state index contributed by atoms with van der Waals surface area (Å²) in [5, 5.41) is 2.53. The lowest BCUT2D eigenvalue weighted by Gasteiger charge is -2.09. The maximum Gasteiger partial charge on any atom is 0.257 e. The number of thioether (sulfide) groups is 1. The Morgan fingerprint density at radius 1 is 1.04 bits per heavy atom. The number of carbonyl (C=O) groups excluding carboxylic acids is 2. The van der Waals surface area contributed by atoms with Crippen LogP contribution in [0.15, 0.2) is 58.3 Å². The zero-order chi connectivity index (χ0) is 19.9. The monoisotopic (exact) mass is 411 g/mol. The average molecular weight is 411 g/mol. The van der Waals surface area contributed by atoms with E-state index in [0.717, 1.165) is 4.90 Å². The summed E-state index contributed by atoms with van der Waals surface area (Å²) < 4.78 is 37.1. The van der Waals surface area contributed by atoms with Crippen molar-refractivity contribution in [2.75, 3.05) is 11.1 Å². The fourth-order valence-electron chi connectivity index (χ4n) is 1.96. The summed E-state index contributed by atoms with van der Waals surface area (Å²) in [6.07, 6.45) is 0.0754. The molecule has 0 aromatic heterocycles. The van der Waals surface area contributed by atoms with Gasteiger partial charge in [-0.05, 0) is 48.5 Å². The molecule has 0 fully saturated rings. The predicted molar refractivity (Wildman–Crippen MR) is 101 cm³/mol. The zero-order valence-corrected chi connectivity index (χ0v) is 16.0. The third-order valence-corrected chi connectivity index (χ3v) is 5.50. The number of anilines is 1. The number of hydrazine groups is 1. The Hall–Kier alpha value is -2.43. The van der Waals surface area contributed by atoms with Gasteiger partial charge in [-0.25, -0.2) is 12.8 Å². The number of rotatable bonds is 8. The van der Waals surface area contributed by atoms with Crippen molar-refractivity contribution in [3.63, 3.8) is 0 Å². The summed E-state index contributed by atoms with van der Waals surface area (Å²) in [5.74, 6) is -0.695. The van der Waals surface area contributed by atoms with Gasteiger partial charge in [-0.15, -0.1) is 16.6 Å². The highest BCUT2D eigenvalue weighted by Gasteiger charge is 2.15. The van der Waals surface area contributed by atoms with Crippen LogP contribution in [-0.2, 0) is 19.6 Å². The van der Waals surface area contributed by atoms with Crippen molar-refractivity contribution in [1.29, 1.82) is 0 Å². The predicted octanol–water partition coefficient (Wildman–Crippen LogP) is 2.28. The lowest BCUT2D eigenvalue weighted by Crippen LogP contribution is -2.41. The highest BCUT2D eigenvalue weighted by Crippen LogP contribution is 2.18. The van der Waals surface area contributed by atoms with Crippen molar-refractivity contribution in [3.8, 4) is 0 Å². The van der Waals surface area contributed by atoms with E-state index in [9.17, 15) is 22.4 Å². The van der Waals surface area contributed by atoms with Crippen LogP contribution in [0, 0.1) is 5.82 Å². The second-order valence-electron chi connectivity index (χ2n) is 5.41. The molecule has 144 valence electrons. The Kier molecular flexibility index (Phi) is 7.34. The van der Waals surface area contributed by atoms with Gasteiger partial charge in [0.05, 0.1) is 4.90 Å². The van der Waals surface area contributed by atoms with E-state index in [1.54, 1.807) is 12.1 Å². The average Bonchev–Trinajstić information content (AvgIpc) is 2.62. The quantitative estimate of drug-likeness (QED) is 0.457. The van der Waals surface area contributed by atoms with Crippen LogP contribution in [0.3, 0.4) is 0 Å². The third-order valence-electron chi connectivity index (χ3n) is 3.22. The first kappa shape index (κ1) is 20.9. The van der Waals surface area contributed by atoms with Crippen molar-refractivity contribution in [3.05, 3.63) is 54.3 Å². The molecule has 27 heavy (non-hydrogen) atoms. The molecule has 0 unspecified atom stereocenters. The minimum atomic E-state index is -3.93. The topological polar surface area (TPSA) is 104 Å². The number of carbonyl (C=O) groups is 2. The van der Waals surface area contributed by atoms with E-state index in [4.69, 9.17) is 0 Å². The Morgan fingerprint density at radius 3 is 2.26 bits per heavy atom. The Balaban J connectivity index is 1.80. The summed E-state index contributed by atoms with van der Waals surface area (Å²) in [7, 11) is -3.93. The van der Waals surface area contributed by atoms with Crippen molar-refractivity contribution in [1.82, 2.24) is 10.3 Å². The second kappa shape index (κ2) is 9.49. The van der Waals surface area contributed by atoms with Crippen LogP contribution in [0.5, 0.6) is 0 Å². The van der Waals surface area contributed by atoms with Gasteiger partial charge in [-0.1, -0.05) is 0 Å². The summed E-state index contributed by atoms with van der Waals surface area (Å²) in [5.41, 5.74) is 2.61. The number of hydrogen-bond donors (Lipinski definition) is 3. The molecule has 2 aromatic carbocycles. The first-order valence-electron chi connectivity index (χ1n) is 7.83. The van der Waals surface area contributed by atoms with Crippen molar-refractivity contribution in [2.45, 2.75) is 23.1 Å². The zero-order valence-electron chi connectivity index (χ0n) is 14.4. The molecule has 2 aromatic rings. The molecule has 0 atom stereocenters. The van der Waals surface area contributed by atoms with E-state index in [1.807, 2.05) is 4.83 Å². The molecule has 0 bridgehead atoms. The summed E-state index contributed by atoms with van der Waals surface area (Å²) in [6, 6.07) is 11.4. The van der Waals surface area contributed by atoms with Crippen LogP contribution < -0.4 is 15.6 Å². The minimum Gasteiger partial charge on any atom is -0.326 e. The van der Waals surface area contributed by atoms with Gasteiger partial charge in [-0.2, -0.15) is 0 Å². The van der Waals surface area contributed by atoms with Crippen LogP contribution in [0.1, 0.15) is 13.3 Å². The van der Waals surface area contributed by atoms with Crippen molar-refractivity contribution >= 4 is 39.3 Å². The molecule has 0 aliphatic heterocycles. The maximum atomic E-state index is 12.8. The van der Waals surface area contributed by atoms with Crippen LogP contribution >= 0.6 is 11.8 Å². The Labute approximate surface area is 160 Å². The van der Waals surface area contributed by atoms with Gasteiger partial charge in [0.15, 0.2) is 0 Å². The molecular weight excluding hydrogens is 393 g/mol. The van der Waals surface area contributed by atoms with Crippen LogP contribution in [-0.4, -0.2) is 26.0 Å². The van der Waals surface area contributed by atoms with Gasteiger partial charge < -0.3 is 5.32 Å². The molecule has 2 amide bonds. The molecule has 0 radical (unpaired) electrons. The normalized spacial score (nSPS) is 11.0. The summed E-state index contributed by atoms with van der Waals surface area (Å²) >= 11 is 1.35. The van der Waals surface area contributed by atoms with Gasteiger partial charge in [0.1, 0.15) is 5.82 Å². The van der Waals surface area contributed by atoms with E-state index in [2.05, 4.69) is 10.7 Å². The van der Waals surface area contributed by atoms with E-state index < -0.39 is 15.9 Å². The highest BCUT2D eigenvalue weighted by molar-refractivity contribution is 7.99. The first-order valence-corrected chi connectivity index (χ1v) is 10.3. The standard InChI is InChI=1S/C17H18FN3O4S2/c1-12(22)19-14-4-8-16(9-5-14)27(24,25)21-20-17(23)10-11-26-15-6-2-13(18)3-7-15/h2-9,21H,10-11H2,1H3,(H,19,22)(H,20,23). The fraction of sp³-hybridized carbons (Fsp3) is 0.176. The summed E-state index contributed by atoms with van der Waals surface area (Å²) in [6.45, 7) is 1.34. The molecule has 3 N–H and O–H groups in total. The van der Waals surface area contributed by atoms with Crippen molar-refractivity contribution in [2.24, 2.45) is 0 Å². The molecule has 2 rings (SSSR count). The number of nitrogens with one attached hydrogen (secondary N) is 3.